The Morgan fingerprint density at radius 2 is 2.00 bits per heavy atom. The monoisotopic (exact) mass is 235 g/mol. The summed E-state index contributed by atoms with van der Waals surface area (Å²) < 4.78 is 13.8. The van der Waals surface area contributed by atoms with Crippen molar-refractivity contribution in [2.24, 2.45) is 17.6 Å². The third-order valence-corrected chi connectivity index (χ3v) is 4.22. The van der Waals surface area contributed by atoms with Crippen molar-refractivity contribution in [3.63, 3.8) is 0 Å². The van der Waals surface area contributed by atoms with Gasteiger partial charge in [-0.15, -0.1) is 0 Å². The number of nitrogens with zero attached hydrogens (tertiary/aromatic N) is 2. The second kappa shape index (κ2) is 3.95. The van der Waals surface area contributed by atoms with Gasteiger partial charge in [0.15, 0.2) is 5.82 Å². The lowest BCUT2D eigenvalue weighted by Crippen LogP contribution is -2.49. The van der Waals surface area contributed by atoms with E-state index in [1.54, 1.807) is 0 Å². The first-order valence-electron chi connectivity index (χ1n) is 6.28. The lowest BCUT2D eigenvalue weighted by molar-refractivity contribution is 0.354. The molecule has 0 aromatic carbocycles. The van der Waals surface area contributed by atoms with Crippen LogP contribution in [0.4, 0.5) is 10.1 Å². The van der Waals surface area contributed by atoms with Gasteiger partial charge >= 0.3 is 0 Å². The number of aryl methyl sites for hydroxylation is 1. The van der Waals surface area contributed by atoms with Crippen molar-refractivity contribution in [1.82, 2.24) is 4.98 Å². The molecule has 2 N–H and O–H groups in total. The highest BCUT2D eigenvalue weighted by molar-refractivity contribution is 5.49. The van der Waals surface area contributed by atoms with Gasteiger partial charge in [-0.1, -0.05) is 0 Å². The van der Waals surface area contributed by atoms with Crippen molar-refractivity contribution in [1.29, 1.82) is 0 Å². The molecule has 17 heavy (non-hydrogen) atoms. The second-order valence-electron chi connectivity index (χ2n) is 5.36. The number of piperidine rings is 1. The van der Waals surface area contributed by atoms with E-state index in [9.17, 15) is 4.39 Å². The molecule has 0 spiro atoms. The number of pyridine rings is 1. The maximum absolute atomic E-state index is 13.8. The fraction of sp³-hybridized carbons (Fsp3) is 0.615. The van der Waals surface area contributed by atoms with Crippen molar-refractivity contribution in [2.75, 3.05) is 18.0 Å². The third-order valence-electron chi connectivity index (χ3n) is 4.22. The molecular formula is C13H18FN3. The fourth-order valence-electron chi connectivity index (χ4n) is 3.23. The number of nitrogens with two attached hydrogens (primary N) is 1. The number of rotatable bonds is 1. The van der Waals surface area contributed by atoms with Gasteiger partial charge in [0, 0.05) is 24.8 Å². The first-order valence-corrected chi connectivity index (χ1v) is 6.28. The normalized spacial score (nSPS) is 31.9. The molecule has 2 heterocycles. The average molecular weight is 235 g/mol. The summed E-state index contributed by atoms with van der Waals surface area (Å²) in [6.45, 7) is 3.67. The van der Waals surface area contributed by atoms with E-state index in [-0.39, 0.29) is 5.82 Å². The molecule has 2 bridgehead atoms. The van der Waals surface area contributed by atoms with E-state index in [2.05, 4.69) is 9.88 Å². The van der Waals surface area contributed by atoms with Gasteiger partial charge in [0.1, 0.15) is 0 Å². The van der Waals surface area contributed by atoms with Crippen molar-refractivity contribution >= 4 is 5.69 Å². The van der Waals surface area contributed by atoms with Crippen LogP contribution in [-0.2, 0) is 0 Å². The Hall–Kier alpha value is -1.16. The van der Waals surface area contributed by atoms with Crippen LogP contribution in [0.5, 0.6) is 0 Å². The molecule has 2 fully saturated rings. The molecule has 2 aliphatic rings. The highest BCUT2D eigenvalue weighted by Gasteiger charge is 2.40. The van der Waals surface area contributed by atoms with Crippen molar-refractivity contribution in [2.45, 2.75) is 25.8 Å². The van der Waals surface area contributed by atoms with Gasteiger partial charge < -0.3 is 10.6 Å². The zero-order chi connectivity index (χ0) is 12.0. The molecule has 3 atom stereocenters. The van der Waals surface area contributed by atoms with Gasteiger partial charge in [0.25, 0.3) is 0 Å². The summed E-state index contributed by atoms with van der Waals surface area (Å²) in [6.07, 6.45) is 3.70. The first-order chi connectivity index (χ1) is 8.15. The molecule has 0 amide bonds. The average Bonchev–Trinajstić information content (AvgIpc) is 2.55. The molecule has 1 saturated heterocycles. The van der Waals surface area contributed by atoms with E-state index < -0.39 is 0 Å². The fourth-order valence-corrected chi connectivity index (χ4v) is 3.23. The molecule has 1 aromatic heterocycles. The van der Waals surface area contributed by atoms with Crippen molar-refractivity contribution in [3.8, 4) is 0 Å². The highest BCUT2D eigenvalue weighted by Crippen LogP contribution is 2.38. The Balaban J connectivity index is 1.88. The quantitative estimate of drug-likeness (QED) is 0.805. The SMILES string of the molecule is Cc1cc(N2C[C@H]3CC[C@@H](C2)[C@@H]3N)c(F)cn1. The number of halogens is 1. The van der Waals surface area contributed by atoms with Crippen LogP contribution < -0.4 is 10.6 Å². The van der Waals surface area contributed by atoms with Crippen LogP contribution in [0.1, 0.15) is 18.5 Å². The van der Waals surface area contributed by atoms with Crippen LogP contribution in [0, 0.1) is 24.6 Å². The van der Waals surface area contributed by atoms with Gasteiger partial charge in [0.05, 0.1) is 11.9 Å². The Morgan fingerprint density at radius 1 is 1.35 bits per heavy atom. The summed E-state index contributed by atoms with van der Waals surface area (Å²) in [7, 11) is 0. The highest BCUT2D eigenvalue weighted by atomic mass is 19.1. The van der Waals surface area contributed by atoms with E-state index in [4.69, 9.17) is 5.73 Å². The number of hydrogen-bond donors (Lipinski definition) is 1. The number of anilines is 1. The van der Waals surface area contributed by atoms with Gasteiger partial charge in [-0.25, -0.2) is 4.39 Å². The summed E-state index contributed by atoms with van der Waals surface area (Å²) in [5, 5.41) is 0. The number of fused-ring (bicyclic) bond motifs is 2. The smallest absolute Gasteiger partial charge is 0.164 e. The van der Waals surface area contributed by atoms with E-state index in [1.807, 2.05) is 13.0 Å². The standard InChI is InChI=1S/C13H18FN3/c1-8-4-12(11(14)5-16-8)17-6-9-2-3-10(7-17)13(9)15/h4-5,9-10,13H,2-3,6-7,15H2,1H3/t9-,10+,13-. The maximum Gasteiger partial charge on any atom is 0.164 e. The molecule has 1 aliphatic heterocycles. The Labute approximate surface area is 101 Å². The van der Waals surface area contributed by atoms with Crippen LogP contribution in [0.3, 0.4) is 0 Å². The van der Waals surface area contributed by atoms with Crippen molar-refractivity contribution < 1.29 is 4.39 Å². The Kier molecular flexibility index (Phi) is 2.54. The van der Waals surface area contributed by atoms with Gasteiger partial charge in [-0.2, -0.15) is 0 Å². The molecule has 0 radical (unpaired) electrons. The number of hydrogen-bond acceptors (Lipinski definition) is 3. The largest absolute Gasteiger partial charge is 0.368 e. The predicted octanol–water partition coefficient (Wildman–Crippen LogP) is 1.70. The number of aromatic nitrogens is 1. The Bertz CT molecular complexity index is 421. The van der Waals surface area contributed by atoms with E-state index >= 15 is 0 Å². The second-order valence-corrected chi connectivity index (χ2v) is 5.36. The zero-order valence-corrected chi connectivity index (χ0v) is 10.1. The lowest BCUT2D eigenvalue weighted by atomic mass is 9.93. The molecule has 0 unspecified atom stereocenters. The van der Waals surface area contributed by atoms with E-state index in [1.165, 1.54) is 19.0 Å². The van der Waals surface area contributed by atoms with Crippen molar-refractivity contribution in [3.05, 3.63) is 23.8 Å². The predicted molar refractivity (Wildman–Crippen MR) is 65.3 cm³/mol. The first kappa shape index (κ1) is 11.0. The van der Waals surface area contributed by atoms with Crippen LogP contribution in [-0.4, -0.2) is 24.1 Å². The molecular weight excluding hydrogens is 217 g/mol. The van der Waals surface area contributed by atoms with Crippen LogP contribution >= 0.6 is 0 Å². The van der Waals surface area contributed by atoms with E-state index in [0.29, 0.717) is 23.6 Å². The molecule has 1 aromatic rings. The van der Waals surface area contributed by atoms with Gasteiger partial charge in [0.2, 0.25) is 0 Å². The van der Waals surface area contributed by atoms with Crippen LogP contribution in [0.25, 0.3) is 0 Å². The molecule has 1 aliphatic carbocycles. The maximum atomic E-state index is 13.8. The molecule has 4 heteroatoms. The minimum absolute atomic E-state index is 0.217. The molecule has 3 nitrogen and oxygen atoms in total. The summed E-state index contributed by atoms with van der Waals surface area (Å²) in [4.78, 5) is 6.12. The summed E-state index contributed by atoms with van der Waals surface area (Å²) in [5.74, 6) is 0.841. The van der Waals surface area contributed by atoms with E-state index in [0.717, 1.165) is 18.8 Å². The molecule has 1 saturated carbocycles. The molecule has 3 rings (SSSR count). The van der Waals surface area contributed by atoms with Gasteiger partial charge in [-0.05, 0) is 37.7 Å². The van der Waals surface area contributed by atoms with Crippen LogP contribution in [0.15, 0.2) is 12.3 Å². The van der Waals surface area contributed by atoms with Gasteiger partial charge in [-0.3, -0.25) is 4.98 Å². The zero-order valence-electron chi connectivity index (χ0n) is 10.1. The van der Waals surface area contributed by atoms with Crippen LogP contribution in [0.2, 0.25) is 0 Å². The third kappa shape index (κ3) is 1.80. The topological polar surface area (TPSA) is 42.1 Å². The molecule has 92 valence electrons. The summed E-state index contributed by atoms with van der Waals surface area (Å²) in [5.41, 5.74) is 7.72. The summed E-state index contributed by atoms with van der Waals surface area (Å²) in [6, 6.07) is 2.16. The lowest BCUT2D eigenvalue weighted by Gasteiger charge is -2.37. The minimum atomic E-state index is -0.217. The summed E-state index contributed by atoms with van der Waals surface area (Å²) >= 11 is 0. The minimum Gasteiger partial charge on any atom is -0.368 e. The Morgan fingerprint density at radius 3 is 2.65 bits per heavy atom.